The topological polar surface area (TPSA) is 87.9 Å². The summed E-state index contributed by atoms with van der Waals surface area (Å²) in [5, 5.41) is 11.5. The monoisotopic (exact) mass is 366 g/mol. The maximum Gasteiger partial charge on any atom is 0.0504 e. The van der Waals surface area contributed by atoms with Gasteiger partial charge in [-0.05, 0) is 51.3 Å². The Morgan fingerprint density at radius 3 is 2.26 bits per heavy atom. The van der Waals surface area contributed by atoms with E-state index in [4.69, 9.17) is 16.9 Å². The highest BCUT2D eigenvalue weighted by molar-refractivity contribution is 6.01. The van der Waals surface area contributed by atoms with Crippen molar-refractivity contribution in [1.82, 2.24) is 5.32 Å². The summed E-state index contributed by atoms with van der Waals surface area (Å²) in [7, 11) is 0. The Morgan fingerprint density at radius 1 is 1.11 bits per heavy atom. The van der Waals surface area contributed by atoms with Crippen LogP contribution in [0.15, 0.2) is 76.8 Å². The average Bonchev–Trinajstić information content (AvgIpc) is 2.63. The second-order valence-corrected chi connectivity index (χ2v) is 6.82. The first-order valence-electron chi connectivity index (χ1n) is 9.46. The number of nitrogens with one attached hydrogen (secondary N) is 2. The van der Waals surface area contributed by atoms with Gasteiger partial charge in [0.2, 0.25) is 0 Å². The summed E-state index contributed by atoms with van der Waals surface area (Å²) in [6.45, 7) is 9.79. The number of nitrogens with two attached hydrogens (primary N) is 2. The van der Waals surface area contributed by atoms with Gasteiger partial charge in [-0.1, -0.05) is 55.8 Å². The minimum Gasteiger partial charge on any atom is -0.402 e. The van der Waals surface area contributed by atoms with Gasteiger partial charge in [0.05, 0.1) is 5.70 Å². The molecular formula is C23H34N4. The highest BCUT2D eigenvalue weighted by atomic mass is 14.9. The van der Waals surface area contributed by atoms with Crippen LogP contribution in [0.25, 0.3) is 0 Å². The summed E-state index contributed by atoms with van der Waals surface area (Å²) in [6.07, 6.45) is 7.91. The second kappa shape index (κ2) is 11.1. The van der Waals surface area contributed by atoms with E-state index in [9.17, 15) is 0 Å². The zero-order valence-corrected chi connectivity index (χ0v) is 17.3. The normalized spacial score (nSPS) is 15.2. The van der Waals surface area contributed by atoms with Gasteiger partial charge in [0, 0.05) is 28.7 Å². The molecule has 0 saturated carbocycles. The van der Waals surface area contributed by atoms with E-state index in [1.165, 1.54) is 5.56 Å². The van der Waals surface area contributed by atoms with Crippen LogP contribution in [0.4, 0.5) is 0 Å². The summed E-state index contributed by atoms with van der Waals surface area (Å²) < 4.78 is 0. The molecule has 0 bridgehead atoms. The van der Waals surface area contributed by atoms with Crippen LogP contribution in [-0.4, -0.2) is 5.71 Å². The van der Waals surface area contributed by atoms with E-state index in [-0.39, 0.29) is 6.04 Å². The predicted molar refractivity (Wildman–Crippen MR) is 117 cm³/mol. The molecule has 1 atom stereocenters. The van der Waals surface area contributed by atoms with Crippen LogP contribution in [-0.2, 0) is 0 Å². The van der Waals surface area contributed by atoms with Crippen molar-refractivity contribution in [2.24, 2.45) is 11.5 Å². The van der Waals surface area contributed by atoms with Crippen LogP contribution in [0.1, 0.15) is 59.1 Å². The molecule has 1 unspecified atom stereocenters. The number of rotatable bonds is 9. The van der Waals surface area contributed by atoms with Crippen molar-refractivity contribution in [3.63, 3.8) is 0 Å². The van der Waals surface area contributed by atoms with E-state index in [1.54, 1.807) is 6.92 Å². The molecular weight excluding hydrogens is 332 g/mol. The van der Waals surface area contributed by atoms with Crippen LogP contribution in [0.2, 0.25) is 0 Å². The first-order chi connectivity index (χ1) is 12.8. The van der Waals surface area contributed by atoms with Gasteiger partial charge in [0.25, 0.3) is 0 Å². The van der Waals surface area contributed by atoms with Crippen LogP contribution in [0, 0.1) is 5.41 Å². The van der Waals surface area contributed by atoms with Crippen molar-refractivity contribution in [3.8, 4) is 0 Å². The first-order valence-corrected chi connectivity index (χ1v) is 9.46. The SMILES string of the molecule is CCC/C=C(/C=C\C(N)=C(/C)NC(C)c1ccccc1)C(\C(C)=N)=C(/C)N. The summed E-state index contributed by atoms with van der Waals surface area (Å²) in [5.74, 6) is 0. The molecule has 0 aromatic heterocycles. The van der Waals surface area contributed by atoms with E-state index in [0.717, 1.165) is 29.7 Å². The van der Waals surface area contributed by atoms with Gasteiger partial charge >= 0.3 is 0 Å². The van der Waals surface area contributed by atoms with Gasteiger partial charge in [-0.3, -0.25) is 0 Å². The second-order valence-electron chi connectivity index (χ2n) is 6.82. The van der Waals surface area contributed by atoms with Crippen LogP contribution < -0.4 is 16.8 Å². The molecule has 6 N–H and O–H groups in total. The standard InChI is InChI=1S/C23H34N4/c1-6-7-11-21(23(16(2)24)17(3)25)14-15-22(26)19(5)27-18(4)20-12-9-8-10-13-20/h8-15,18,24,27H,6-7,25-26H2,1-5H3/b15-14-,21-11-,22-19-,23-17+,24-16?. The predicted octanol–water partition coefficient (Wildman–Crippen LogP) is 5.08. The van der Waals surface area contributed by atoms with Crippen LogP contribution >= 0.6 is 0 Å². The fourth-order valence-corrected chi connectivity index (χ4v) is 2.83. The van der Waals surface area contributed by atoms with E-state index in [1.807, 2.05) is 44.2 Å². The number of hydrogen-bond acceptors (Lipinski definition) is 4. The maximum atomic E-state index is 8.04. The number of hydrogen-bond donors (Lipinski definition) is 4. The Labute approximate surface area is 164 Å². The van der Waals surface area contributed by atoms with E-state index < -0.39 is 0 Å². The van der Waals surface area contributed by atoms with Crippen molar-refractivity contribution in [2.75, 3.05) is 0 Å². The first kappa shape index (κ1) is 22.3. The summed E-state index contributed by atoms with van der Waals surface area (Å²) in [6, 6.07) is 10.4. The fourth-order valence-electron chi connectivity index (χ4n) is 2.83. The molecule has 1 aromatic carbocycles. The molecule has 0 aliphatic heterocycles. The molecule has 1 aromatic rings. The van der Waals surface area contributed by atoms with Gasteiger partial charge in [0.1, 0.15) is 0 Å². The quantitative estimate of drug-likeness (QED) is 0.363. The molecule has 0 spiro atoms. The molecule has 0 aliphatic carbocycles. The number of unbranched alkanes of at least 4 members (excludes halogenated alkanes) is 1. The zero-order valence-electron chi connectivity index (χ0n) is 17.3. The lowest BCUT2D eigenvalue weighted by atomic mass is 9.97. The van der Waals surface area contributed by atoms with E-state index in [0.29, 0.717) is 17.1 Å². The third-order valence-electron chi connectivity index (χ3n) is 4.32. The van der Waals surface area contributed by atoms with Crippen molar-refractivity contribution < 1.29 is 0 Å². The molecule has 0 saturated heterocycles. The van der Waals surface area contributed by atoms with Crippen molar-refractivity contribution >= 4 is 5.71 Å². The molecule has 146 valence electrons. The molecule has 4 nitrogen and oxygen atoms in total. The van der Waals surface area contributed by atoms with Crippen molar-refractivity contribution in [2.45, 2.75) is 53.5 Å². The van der Waals surface area contributed by atoms with Gasteiger partial charge in [-0.15, -0.1) is 0 Å². The highest BCUT2D eigenvalue weighted by Gasteiger charge is 2.09. The van der Waals surface area contributed by atoms with Gasteiger partial charge in [-0.2, -0.15) is 0 Å². The largest absolute Gasteiger partial charge is 0.402 e. The zero-order chi connectivity index (χ0) is 20.4. The summed E-state index contributed by atoms with van der Waals surface area (Å²) in [5.41, 5.74) is 17.9. The minimum atomic E-state index is 0.166. The van der Waals surface area contributed by atoms with Crippen molar-refractivity contribution in [3.05, 3.63) is 82.4 Å². The molecule has 1 rings (SSSR count). The molecule has 0 radical (unpaired) electrons. The number of allylic oxidation sites excluding steroid dienone is 7. The Morgan fingerprint density at radius 2 is 1.74 bits per heavy atom. The Bertz CT molecular complexity index is 748. The van der Waals surface area contributed by atoms with Gasteiger partial charge in [0.15, 0.2) is 0 Å². The molecule has 0 fully saturated rings. The third kappa shape index (κ3) is 7.18. The van der Waals surface area contributed by atoms with Gasteiger partial charge in [-0.25, -0.2) is 0 Å². The van der Waals surface area contributed by atoms with Gasteiger partial charge < -0.3 is 22.2 Å². The minimum absolute atomic E-state index is 0.166. The van der Waals surface area contributed by atoms with Crippen molar-refractivity contribution in [1.29, 1.82) is 5.41 Å². The summed E-state index contributed by atoms with van der Waals surface area (Å²) >= 11 is 0. The fraction of sp³-hybridized carbons (Fsp3) is 0.348. The van der Waals surface area contributed by atoms with E-state index >= 15 is 0 Å². The van der Waals surface area contributed by atoms with E-state index in [2.05, 4.69) is 37.4 Å². The molecule has 0 heterocycles. The third-order valence-corrected chi connectivity index (χ3v) is 4.32. The Hall–Kier alpha value is -2.75. The molecule has 27 heavy (non-hydrogen) atoms. The molecule has 4 heteroatoms. The molecule has 0 amide bonds. The average molecular weight is 367 g/mol. The summed E-state index contributed by atoms with van der Waals surface area (Å²) in [4.78, 5) is 0. The van der Waals surface area contributed by atoms with Crippen LogP contribution in [0.3, 0.4) is 0 Å². The molecule has 0 aliphatic rings. The lowest BCUT2D eigenvalue weighted by Gasteiger charge is -2.17. The Kier molecular flexibility index (Phi) is 9.14. The Balaban J connectivity index is 3.05. The smallest absolute Gasteiger partial charge is 0.0504 e. The lowest BCUT2D eigenvalue weighted by Crippen LogP contribution is -2.19. The lowest BCUT2D eigenvalue weighted by molar-refractivity contribution is 0.649. The number of benzene rings is 1. The highest BCUT2D eigenvalue weighted by Crippen LogP contribution is 2.18. The van der Waals surface area contributed by atoms with Crippen LogP contribution in [0.5, 0.6) is 0 Å². The maximum absolute atomic E-state index is 8.04.